The molecule has 4 heteroatoms. The van der Waals surface area contributed by atoms with Crippen LogP contribution in [0.2, 0.25) is 0 Å². The van der Waals surface area contributed by atoms with Gasteiger partial charge in [0.15, 0.2) is 5.11 Å². The molecule has 0 amide bonds. The number of anilines is 2. The third kappa shape index (κ3) is 5.44. The summed E-state index contributed by atoms with van der Waals surface area (Å²) in [6.45, 7) is 2.89. The first kappa shape index (κ1) is 15.3. The number of rotatable bonds is 6. The van der Waals surface area contributed by atoms with E-state index >= 15 is 0 Å². The molecular formula is C17H20N2OS. The van der Waals surface area contributed by atoms with Gasteiger partial charge >= 0.3 is 0 Å². The fourth-order valence-electron chi connectivity index (χ4n) is 1.81. The van der Waals surface area contributed by atoms with Crippen LogP contribution >= 0.6 is 12.2 Å². The molecule has 0 atom stereocenters. The zero-order chi connectivity index (χ0) is 14.9. The van der Waals surface area contributed by atoms with Gasteiger partial charge in [-0.3, -0.25) is 0 Å². The third-order valence-electron chi connectivity index (χ3n) is 2.89. The zero-order valence-corrected chi connectivity index (χ0v) is 13.0. The Morgan fingerprint density at radius 3 is 2.48 bits per heavy atom. The summed E-state index contributed by atoms with van der Waals surface area (Å²) >= 11 is 5.30. The number of hydrogen-bond donors (Lipinski definition) is 2. The second-order valence-electron chi connectivity index (χ2n) is 4.67. The van der Waals surface area contributed by atoms with Gasteiger partial charge in [-0.15, -0.1) is 0 Å². The highest BCUT2D eigenvalue weighted by molar-refractivity contribution is 7.80. The first-order valence-electron chi connectivity index (χ1n) is 7.14. The van der Waals surface area contributed by atoms with Crippen LogP contribution in [0.15, 0.2) is 54.6 Å². The molecule has 0 aliphatic carbocycles. The molecular weight excluding hydrogens is 280 g/mol. The van der Waals surface area contributed by atoms with Crippen LogP contribution in [0.1, 0.15) is 19.8 Å². The van der Waals surface area contributed by atoms with Crippen LogP contribution in [-0.4, -0.2) is 11.7 Å². The molecule has 110 valence electrons. The highest BCUT2D eigenvalue weighted by Gasteiger charge is 2.00. The van der Waals surface area contributed by atoms with Gasteiger partial charge in [0.2, 0.25) is 0 Å². The second kappa shape index (κ2) is 8.27. The van der Waals surface area contributed by atoms with Crippen LogP contribution in [0.3, 0.4) is 0 Å². The first-order chi connectivity index (χ1) is 10.3. The summed E-state index contributed by atoms with van der Waals surface area (Å²) in [7, 11) is 0. The Labute approximate surface area is 131 Å². The maximum atomic E-state index is 5.68. The van der Waals surface area contributed by atoms with Gasteiger partial charge in [0, 0.05) is 17.4 Å². The first-order valence-corrected chi connectivity index (χ1v) is 7.54. The Kier molecular flexibility index (Phi) is 6.03. The number of thiocarbonyl (C=S) groups is 1. The van der Waals surface area contributed by atoms with E-state index in [9.17, 15) is 0 Å². The SMILES string of the molecule is CCCCOc1cccc(NC(=S)Nc2ccccc2)c1. The average Bonchev–Trinajstić information content (AvgIpc) is 2.49. The lowest BCUT2D eigenvalue weighted by Crippen LogP contribution is -2.18. The molecule has 0 spiro atoms. The predicted molar refractivity (Wildman–Crippen MR) is 93.1 cm³/mol. The van der Waals surface area contributed by atoms with Gasteiger partial charge in [-0.1, -0.05) is 37.6 Å². The summed E-state index contributed by atoms with van der Waals surface area (Å²) in [4.78, 5) is 0. The van der Waals surface area contributed by atoms with E-state index < -0.39 is 0 Å². The van der Waals surface area contributed by atoms with Crippen LogP contribution in [0.25, 0.3) is 0 Å². The van der Waals surface area contributed by atoms with E-state index in [2.05, 4.69) is 17.6 Å². The van der Waals surface area contributed by atoms with E-state index in [1.165, 1.54) is 0 Å². The minimum atomic E-state index is 0.562. The summed E-state index contributed by atoms with van der Waals surface area (Å²) < 4.78 is 5.68. The van der Waals surface area contributed by atoms with Gasteiger partial charge in [-0.25, -0.2) is 0 Å². The Hall–Kier alpha value is -2.07. The molecule has 0 aromatic heterocycles. The Morgan fingerprint density at radius 2 is 1.71 bits per heavy atom. The maximum Gasteiger partial charge on any atom is 0.175 e. The molecule has 0 heterocycles. The van der Waals surface area contributed by atoms with Crippen molar-refractivity contribution < 1.29 is 4.74 Å². The van der Waals surface area contributed by atoms with Crippen LogP contribution in [0, 0.1) is 0 Å². The second-order valence-corrected chi connectivity index (χ2v) is 5.08. The van der Waals surface area contributed by atoms with Crippen molar-refractivity contribution in [3.63, 3.8) is 0 Å². The molecule has 0 bridgehead atoms. The maximum absolute atomic E-state index is 5.68. The molecule has 2 aromatic carbocycles. The fraction of sp³-hybridized carbons (Fsp3) is 0.235. The topological polar surface area (TPSA) is 33.3 Å². The molecule has 3 nitrogen and oxygen atoms in total. The number of ether oxygens (including phenoxy) is 1. The number of benzene rings is 2. The van der Waals surface area contributed by atoms with Crippen molar-refractivity contribution in [2.45, 2.75) is 19.8 Å². The van der Waals surface area contributed by atoms with Crippen molar-refractivity contribution in [2.24, 2.45) is 0 Å². The minimum Gasteiger partial charge on any atom is -0.494 e. The lowest BCUT2D eigenvalue weighted by Gasteiger charge is -2.12. The summed E-state index contributed by atoms with van der Waals surface area (Å²) in [5.41, 5.74) is 1.88. The van der Waals surface area contributed by atoms with Crippen molar-refractivity contribution >= 4 is 28.7 Å². The molecule has 0 aliphatic heterocycles. The normalized spacial score (nSPS) is 9.95. The van der Waals surface area contributed by atoms with Gasteiger partial charge in [-0.2, -0.15) is 0 Å². The van der Waals surface area contributed by atoms with Crippen molar-refractivity contribution in [3.05, 3.63) is 54.6 Å². The summed E-state index contributed by atoms with van der Waals surface area (Å²) in [5.74, 6) is 0.857. The van der Waals surface area contributed by atoms with Crippen LogP contribution < -0.4 is 15.4 Å². The molecule has 0 radical (unpaired) electrons. The van der Waals surface area contributed by atoms with Crippen molar-refractivity contribution in [3.8, 4) is 5.75 Å². The smallest absolute Gasteiger partial charge is 0.175 e. The van der Waals surface area contributed by atoms with E-state index in [0.29, 0.717) is 5.11 Å². The van der Waals surface area contributed by atoms with Crippen molar-refractivity contribution in [1.82, 2.24) is 0 Å². The van der Waals surface area contributed by atoms with Gasteiger partial charge in [0.05, 0.1) is 6.61 Å². The number of hydrogen-bond acceptors (Lipinski definition) is 2. The van der Waals surface area contributed by atoms with E-state index in [4.69, 9.17) is 17.0 Å². The van der Waals surface area contributed by atoms with Gasteiger partial charge in [-0.05, 0) is 42.9 Å². The monoisotopic (exact) mass is 300 g/mol. The van der Waals surface area contributed by atoms with Crippen LogP contribution in [-0.2, 0) is 0 Å². The molecule has 0 aliphatic rings. The number of nitrogens with one attached hydrogen (secondary N) is 2. The van der Waals surface area contributed by atoms with E-state index in [1.54, 1.807) is 0 Å². The lowest BCUT2D eigenvalue weighted by atomic mass is 10.3. The van der Waals surface area contributed by atoms with E-state index in [0.717, 1.165) is 36.6 Å². The highest BCUT2D eigenvalue weighted by Crippen LogP contribution is 2.18. The zero-order valence-electron chi connectivity index (χ0n) is 12.1. The number of para-hydroxylation sites is 1. The van der Waals surface area contributed by atoms with Gasteiger partial charge in [0.25, 0.3) is 0 Å². The van der Waals surface area contributed by atoms with Crippen LogP contribution in [0.4, 0.5) is 11.4 Å². The van der Waals surface area contributed by atoms with Crippen molar-refractivity contribution in [2.75, 3.05) is 17.2 Å². The Bertz CT molecular complexity index is 572. The quantitative estimate of drug-likeness (QED) is 0.600. The van der Waals surface area contributed by atoms with E-state index in [-0.39, 0.29) is 0 Å². The van der Waals surface area contributed by atoms with Crippen molar-refractivity contribution in [1.29, 1.82) is 0 Å². The summed E-state index contributed by atoms with van der Waals surface area (Å²) in [5, 5.41) is 6.87. The highest BCUT2D eigenvalue weighted by atomic mass is 32.1. The molecule has 0 unspecified atom stereocenters. The lowest BCUT2D eigenvalue weighted by molar-refractivity contribution is 0.309. The standard InChI is InChI=1S/C17H20N2OS/c1-2-3-12-20-16-11-7-10-15(13-16)19-17(21)18-14-8-5-4-6-9-14/h4-11,13H,2-3,12H2,1H3,(H2,18,19,21). The largest absolute Gasteiger partial charge is 0.494 e. The third-order valence-corrected chi connectivity index (χ3v) is 3.09. The summed E-state index contributed by atoms with van der Waals surface area (Å²) in [6.07, 6.45) is 2.19. The Balaban J connectivity index is 1.90. The van der Waals surface area contributed by atoms with Crippen LogP contribution in [0.5, 0.6) is 5.75 Å². The molecule has 0 saturated carbocycles. The van der Waals surface area contributed by atoms with Gasteiger partial charge < -0.3 is 15.4 Å². The summed E-state index contributed by atoms with van der Waals surface area (Å²) in [6, 6.07) is 17.7. The average molecular weight is 300 g/mol. The molecule has 2 aromatic rings. The molecule has 0 fully saturated rings. The molecule has 0 saturated heterocycles. The predicted octanol–water partition coefficient (Wildman–Crippen LogP) is 4.67. The van der Waals surface area contributed by atoms with E-state index in [1.807, 2.05) is 54.6 Å². The fourth-order valence-corrected chi connectivity index (χ4v) is 2.05. The molecule has 2 N–H and O–H groups in total. The molecule has 21 heavy (non-hydrogen) atoms. The van der Waals surface area contributed by atoms with Gasteiger partial charge in [0.1, 0.15) is 5.75 Å². The molecule has 2 rings (SSSR count). The number of unbranched alkanes of at least 4 members (excludes halogenated alkanes) is 1. The minimum absolute atomic E-state index is 0.562. The Morgan fingerprint density at radius 1 is 1.00 bits per heavy atom.